The molecule has 116 valence electrons. The summed E-state index contributed by atoms with van der Waals surface area (Å²) in [6, 6.07) is 0.000814. The van der Waals surface area contributed by atoms with E-state index in [0.717, 1.165) is 0 Å². The van der Waals surface area contributed by atoms with E-state index in [1.165, 1.54) is 0 Å². The third kappa shape index (κ3) is 3.27. The third-order valence-corrected chi connectivity index (χ3v) is 4.70. The molecule has 1 amide bonds. The van der Waals surface area contributed by atoms with E-state index in [2.05, 4.69) is 0 Å². The predicted molar refractivity (Wildman–Crippen MR) is 69.9 cm³/mol. The topological polar surface area (TPSA) is 46.3 Å². The molecule has 0 aromatic rings. The molecule has 2 fully saturated rings. The first-order valence-electron chi connectivity index (χ1n) is 7.43. The number of hydrogen-bond acceptors (Lipinski definition) is 2. The summed E-state index contributed by atoms with van der Waals surface area (Å²) in [4.78, 5) is 14.1. The van der Waals surface area contributed by atoms with Gasteiger partial charge in [-0.1, -0.05) is 12.8 Å². The Bertz CT molecular complexity index is 359. The van der Waals surface area contributed by atoms with Gasteiger partial charge in [-0.05, 0) is 32.6 Å². The zero-order valence-corrected chi connectivity index (χ0v) is 11.8. The molecule has 6 heteroatoms. The van der Waals surface area contributed by atoms with Crippen molar-refractivity contribution in [1.82, 2.24) is 4.90 Å². The van der Waals surface area contributed by atoms with E-state index < -0.39 is 18.0 Å². The minimum absolute atomic E-state index is 0.0536. The fourth-order valence-electron chi connectivity index (χ4n) is 3.57. The van der Waals surface area contributed by atoms with Gasteiger partial charge in [0.1, 0.15) is 0 Å². The molecule has 0 radical (unpaired) electrons. The number of likely N-dealkylation sites (tertiary alicyclic amines) is 1. The molecule has 1 aliphatic carbocycles. The summed E-state index contributed by atoms with van der Waals surface area (Å²) < 4.78 is 39.3. The number of carbonyl (C=O) groups is 1. The highest BCUT2D eigenvalue weighted by molar-refractivity contribution is 5.79. The SMILES string of the molecule is CC1CC(N)CCN1C(=O)C1CCCCC1C(F)(F)F. The van der Waals surface area contributed by atoms with Crippen molar-refractivity contribution in [1.29, 1.82) is 0 Å². The molecule has 0 spiro atoms. The van der Waals surface area contributed by atoms with Crippen LogP contribution in [-0.2, 0) is 4.79 Å². The number of nitrogens with two attached hydrogens (primary N) is 1. The highest BCUT2D eigenvalue weighted by Gasteiger charge is 2.49. The highest BCUT2D eigenvalue weighted by Crippen LogP contribution is 2.42. The highest BCUT2D eigenvalue weighted by atomic mass is 19.4. The summed E-state index contributed by atoms with van der Waals surface area (Å²) in [7, 11) is 0. The van der Waals surface area contributed by atoms with Gasteiger partial charge < -0.3 is 10.6 Å². The van der Waals surface area contributed by atoms with Gasteiger partial charge in [-0.3, -0.25) is 4.79 Å². The van der Waals surface area contributed by atoms with Crippen LogP contribution in [0.3, 0.4) is 0 Å². The Morgan fingerprint density at radius 1 is 1.20 bits per heavy atom. The first-order chi connectivity index (χ1) is 9.30. The maximum Gasteiger partial charge on any atom is 0.392 e. The van der Waals surface area contributed by atoms with E-state index in [9.17, 15) is 18.0 Å². The second kappa shape index (κ2) is 5.92. The number of carbonyl (C=O) groups excluding carboxylic acids is 1. The Kier molecular flexibility index (Phi) is 4.62. The monoisotopic (exact) mass is 292 g/mol. The molecule has 0 aromatic carbocycles. The van der Waals surface area contributed by atoms with E-state index >= 15 is 0 Å². The van der Waals surface area contributed by atoms with Gasteiger partial charge in [0.25, 0.3) is 0 Å². The molecule has 0 aromatic heterocycles. The quantitative estimate of drug-likeness (QED) is 0.807. The van der Waals surface area contributed by atoms with E-state index in [4.69, 9.17) is 5.73 Å². The van der Waals surface area contributed by atoms with Gasteiger partial charge >= 0.3 is 6.18 Å². The van der Waals surface area contributed by atoms with Crippen molar-refractivity contribution in [2.75, 3.05) is 6.54 Å². The van der Waals surface area contributed by atoms with Crippen molar-refractivity contribution >= 4 is 5.91 Å². The average Bonchev–Trinajstić information content (AvgIpc) is 2.37. The average molecular weight is 292 g/mol. The standard InChI is InChI=1S/C14H23F3N2O/c1-9-8-10(18)6-7-19(9)13(20)11-4-2-3-5-12(11)14(15,16)17/h9-12H,2-8,18H2,1H3. The number of nitrogens with zero attached hydrogens (tertiary/aromatic N) is 1. The van der Waals surface area contributed by atoms with Crippen LogP contribution in [0.15, 0.2) is 0 Å². The van der Waals surface area contributed by atoms with Crippen LogP contribution in [0.4, 0.5) is 13.2 Å². The summed E-state index contributed by atoms with van der Waals surface area (Å²) >= 11 is 0. The normalized spacial score (nSPS) is 36.0. The largest absolute Gasteiger partial charge is 0.392 e. The van der Waals surface area contributed by atoms with Crippen molar-refractivity contribution < 1.29 is 18.0 Å². The first kappa shape index (κ1) is 15.6. The minimum atomic E-state index is -4.27. The molecular formula is C14H23F3N2O. The fraction of sp³-hybridized carbons (Fsp3) is 0.929. The maximum atomic E-state index is 13.1. The lowest BCUT2D eigenvalue weighted by Crippen LogP contribution is -2.52. The molecule has 1 saturated heterocycles. The van der Waals surface area contributed by atoms with Gasteiger partial charge in [0.2, 0.25) is 5.91 Å². The van der Waals surface area contributed by atoms with E-state index in [-0.39, 0.29) is 24.4 Å². The summed E-state index contributed by atoms with van der Waals surface area (Å²) in [5.74, 6) is -2.67. The molecule has 1 aliphatic heterocycles. The van der Waals surface area contributed by atoms with Gasteiger partial charge in [-0.2, -0.15) is 13.2 Å². The second-order valence-corrected chi connectivity index (χ2v) is 6.20. The number of alkyl halides is 3. The lowest BCUT2D eigenvalue weighted by Gasteiger charge is -2.41. The second-order valence-electron chi connectivity index (χ2n) is 6.20. The van der Waals surface area contributed by atoms with Gasteiger partial charge in [0.15, 0.2) is 0 Å². The van der Waals surface area contributed by atoms with Crippen molar-refractivity contribution in [3.63, 3.8) is 0 Å². The van der Waals surface area contributed by atoms with Crippen molar-refractivity contribution in [3.05, 3.63) is 0 Å². The third-order valence-electron chi connectivity index (χ3n) is 4.70. The molecule has 2 aliphatic rings. The number of rotatable bonds is 1. The zero-order valence-electron chi connectivity index (χ0n) is 11.8. The molecule has 1 saturated carbocycles. The van der Waals surface area contributed by atoms with Crippen LogP contribution >= 0.6 is 0 Å². The van der Waals surface area contributed by atoms with Crippen LogP contribution in [0.25, 0.3) is 0 Å². The number of amides is 1. The van der Waals surface area contributed by atoms with Gasteiger partial charge in [-0.15, -0.1) is 0 Å². The first-order valence-corrected chi connectivity index (χ1v) is 7.43. The molecule has 2 N–H and O–H groups in total. The minimum Gasteiger partial charge on any atom is -0.340 e. The predicted octanol–water partition coefficient (Wildman–Crippen LogP) is 2.69. The van der Waals surface area contributed by atoms with Crippen LogP contribution in [0.1, 0.15) is 45.4 Å². The molecule has 1 heterocycles. The fourth-order valence-corrected chi connectivity index (χ4v) is 3.57. The van der Waals surface area contributed by atoms with Crippen LogP contribution in [0, 0.1) is 11.8 Å². The summed E-state index contributed by atoms with van der Waals surface area (Å²) in [5.41, 5.74) is 5.84. The zero-order chi connectivity index (χ0) is 14.9. The Balaban J connectivity index is 2.10. The molecule has 3 nitrogen and oxygen atoms in total. The van der Waals surface area contributed by atoms with Crippen LogP contribution in [-0.4, -0.2) is 35.6 Å². The van der Waals surface area contributed by atoms with Crippen LogP contribution in [0.2, 0.25) is 0 Å². The van der Waals surface area contributed by atoms with Crippen molar-refractivity contribution in [3.8, 4) is 0 Å². The molecule has 4 unspecified atom stereocenters. The molecule has 4 atom stereocenters. The van der Waals surface area contributed by atoms with E-state index in [0.29, 0.717) is 38.6 Å². The van der Waals surface area contributed by atoms with Gasteiger partial charge in [-0.25, -0.2) is 0 Å². The lowest BCUT2D eigenvalue weighted by atomic mass is 9.77. The van der Waals surface area contributed by atoms with Crippen LogP contribution < -0.4 is 5.73 Å². The lowest BCUT2D eigenvalue weighted by molar-refractivity contribution is -0.201. The van der Waals surface area contributed by atoms with E-state index in [1.807, 2.05) is 6.92 Å². The Labute approximate surface area is 117 Å². The van der Waals surface area contributed by atoms with E-state index in [1.54, 1.807) is 4.90 Å². The smallest absolute Gasteiger partial charge is 0.340 e. The van der Waals surface area contributed by atoms with Gasteiger partial charge in [0, 0.05) is 24.5 Å². The van der Waals surface area contributed by atoms with Crippen molar-refractivity contribution in [2.45, 2.75) is 63.7 Å². The Morgan fingerprint density at radius 3 is 2.45 bits per heavy atom. The maximum absolute atomic E-state index is 13.1. The summed E-state index contributed by atoms with van der Waals surface area (Å²) in [6.07, 6.45) is -1.19. The summed E-state index contributed by atoms with van der Waals surface area (Å²) in [5, 5.41) is 0. The van der Waals surface area contributed by atoms with Gasteiger partial charge in [0.05, 0.1) is 5.92 Å². The van der Waals surface area contributed by atoms with Crippen molar-refractivity contribution in [2.24, 2.45) is 17.6 Å². The van der Waals surface area contributed by atoms with Crippen LogP contribution in [0.5, 0.6) is 0 Å². The molecule has 2 rings (SSSR count). The number of piperidine rings is 1. The molecular weight excluding hydrogens is 269 g/mol. The summed E-state index contributed by atoms with van der Waals surface area (Å²) in [6.45, 7) is 2.37. The Hall–Kier alpha value is -0.780. The number of halogens is 3. The number of hydrogen-bond donors (Lipinski definition) is 1. The Morgan fingerprint density at radius 2 is 1.85 bits per heavy atom. The molecule has 0 bridgehead atoms. The molecule has 20 heavy (non-hydrogen) atoms.